The Morgan fingerprint density at radius 1 is 1.21 bits per heavy atom. The Hall–Kier alpha value is -2.84. The largest absolute Gasteiger partial charge is 0.444 e. The molecule has 0 aromatic heterocycles. The molecule has 0 unspecified atom stereocenters. The van der Waals surface area contributed by atoms with E-state index in [2.05, 4.69) is 10.6 Å². The van der Waals surface area contributed by atoms with Crippen molar-refractivity contribution in [1.29, 1.82) is 0 Å². The zero-order chi connectivity index (χ0) is 20.7. The molecule has 2 amide bonds. The second-order valence-electron chi connectivity index (χ2n) is 7.73. The first-order valence-electron chi connectivity index (χ1n) is 9.40. The minimum atomic E-state index is -0.536. The van der Waals surface area contributed by atoms with E-state index in [1.54, 1.807) is 23.1 Å². The van der Waals surface area contributed by atoms with Gasteiger partial charge in [-0.25, -0.2) is 4.79 Å². The molecule has 0 atom stereocenters. The molecule has 9 nitrogen and oxygen atoms in total. The summed E-state index contributed by atoms with van der Waals surface area (Å²) in [6.45, 7) is 7.18. The number of nitrogens with zero attached hydrogens (tertiary/aromatic N) is 2. The zero-order valence-corrected chi connectivity index (χ0v) is 16.6. The first-order chi connectivity index (χ1) is 13.2. The van der Waals surface area contributed by atoms with Gasteiger partial charge in [0.2, 0.25) is 5.91 Å². The van der Waals surface area contributed by atoms with Gasteiger partial charge >= 0.3 is 6.09 Å². The molecule has 9 heteroatoms. The number of carbonyl (C=O) groups excluding carboxylic acids is 2. The fraction of sp³-hybridized carbons (Fsp3) is 0.579. The average Bonchev–Trinajstić information content (AvgIpc) is 2.64. The van der Waals surface area contributed by atoms with E-state index in [9.17, 15) is 19.7 Å². The lowest BCUT2D eigenvalue weighted by molar-refractivity contribution is -0.384. The van der Waals surface area contributed by atoms with Crippen LogP contribution in [0.4, 0.5) is 16.2 Å². The summed E-state index contributed by atoms with van der Waals surface area (Å²) in [7, 11) is 0. The number of carbonyl (C=O) groups is 2. The first-order valence-corrected chi connectivity index (χ1v) is 9.40. The molecule has 28 heavy (non-hydrogen) atoms. The van der Waals surface area contributed by atoms with E-state index in [1.807, 2.05) is 20.8 Å². The molecule has 1 aliphatic heterocycles. The van der Waals surface area contributed by atoms with Crippen molar-refractivity contribution in [2.75, 3.05) is 31.5 Å². The Bertz CT molecular complexity index is 709. The van der Waals surface area contributed by atoms with E-state index < -0.39 is 10.5 Å². The van der Waals surface area contributed by atoms with Gasteiger partial charge in [0.05, 0.1) is 4.92 Å². The average molecular weight is 392 g/mol. The molecular formula is C19H28N4O5. The number of hydrogen-bond acceptors (Lipinski definition) is 6. The molecule has 1 saturated heterocycles. The van der Waals surface area contributed by atoms with Crippen LogP contribution in [0.15, 0.2) is 24.3 Å². The van der Waals surface area contributed by atoms with E-state index >= 15 is 0 Å². The van der Waals surface area contributed by atoms with Gasteiger partial charge in [-0.1, -0.05) is 12.1 Å². The number of nitro groups is 1. The topological polar surface area (TPSA) is 114 Å². The Kier molecular flexibility index (Phi) is 7.19. The minimum absolute atomic E-state index is 0.00309. The third-order valence-corrected chi connectivity index (χ3v) is 4.36. The Morgan fingerprint density at radius 3 is 2.46 bits per heavy atom. The maximum absolute atomic E-state index is 12.3. The standard InChI is InChI=1S/C19H28N4O5/c1-19(2,3)28-18(25)22-12-8-14(9-13-22)17(24)21-11-10-20-15-6-4-5-7-16(15)23(26)27/h4-7,14,20H,8-13H2,1-3H3,(H,21,24). The second kappa shape index (κ2) is 9.38. The number of hydrogen-bond donors (Lipinski definition) is 2. The van der Waals surface area contributed by atoms with Crippen LogP contribution in [0.25, 0.3) is 0 Å². The van der Waals surface area contributed by atoms with Crippen molar-refractivity contribution in [3.63, 3.8) is 0 Å². The van der Waals surface area contributed by atoms with Gasteiger partial charge in [-0.05, 0) is 39.7 Å². The fourth-order valence-corrected chi connectivity index (χ4v) is 2.96. The van der Waals surface area contributed by atoms with Crippen LogP contribution in [0, 0.1) is 16.0 Å². The van der Waals surface area contributed by atoms with Crippen molar-refractivity contribution < 1.29 is 19.2 Å². The molecule has 2 N–H and O–H groups in total. The number of ether oxygens (including phenoxy) is 1. The third kappa shape index (κ3) is 6.40. The van der Waals surface area contributed by atoms with Crippen molar-refractivity contribution in [1.82, 2.24) is 10.2 Å². The van der Waals surface area contributed by atoms with E-state index in [-0.39, 0.29) is 23.6 Å². The normalized spacial score (nSPS) is 15.0. The zero-order valence-electron chi connectivity index (χ0n) is 16.6. The Morgan fingerprint density at radius 2 is 1.86 bits per heavy atom. The number of para-hydroxylation sites is 2. The van der Waals surface area contributed by atoms with Gasteiger partial charge < -0.3 is 20.3 Å². The number of nitrogens with one attached hydrogen (secondary N) is 2. The number of nitro benzene ring substituents is 1. The highest BCUT2D eigenvalue weighted by Crippen LogP contribution is 2.23. The van der Waals surface area contributed by atoms with Crippen LogP contribution in [0.1, 0.15) is 33.6 Å². The van der Waals surface area contributed by atoms with Crippen molar-refractivity contribution in [2.45, 2.75) is 39.2 Å². The molecule has 1 aliphatic rings. The highest BCUT2D eigenvalue weighted by atomic mass is 16.6. The second-order valence-corrected chi connectivity index (χ2v) is 7.73. The molecule has 0 aliphatic carbocycles. The molecular weight excluding hydrogens is 364 g/mol. The predicted molar refractivity (Wildman–Crippen MR) is 105 cm³/mol. The van der Waals surface area contributed by atoms with Crippen LogP contribution in [0.2, 0.25) is 0 Å². The van der Waals surface area contributed by atoms with E-state index in [0.29, 0.717) is 44.7 Å². The lowest BCUT2D eigenvalue weighted by Crippen LogP contribution is -2.45. The van der Waals surface area contributed by atoms with Crippen LogP contribution < -0.4 is 10.6 Å². The fourth-order valence-electron chi connectivity index (χ4n) is 2.96. The molecule has 2 rings (SSSR count). The quantitative estimate of drug-likeness (QED) is 0.437. The van der Waals surface area contributed by atoms with Crippen LogP contribution in [-0.4, -0.2) is 53.6 Å². The summed E-state index contributed by atoms with van der Waals surface area (Å²) in [6, 6.07) is 6.38. The molecule has 1 aromatic rings. The number of anilines is 1. The van der Waals surface area contributed by atoms with Crippen molar-refractivity contribution >= 4 is 23.4 Å². The molecule has 0 spiro atoms. The Balaban J connectivity index is 1.71. The molecule has 0 bridgehead atoms. The van der Waals surface area contributed by atoms with Gasteiger partial charge in [-0.2, -0.15) is 0 Å². The summed E-state index contributed by atoms with van der Waals surface area (Å²) in [5.41, 5.74) is -0.109. The summed E-state index contributed by atoms with van der Waals surface area (Å²) in [5, 5.41) is 16.8. The van der Waals surface area contributed by atoms with Crippen LogP contribution in [-0.2, 0) is 9.53 Å². The molecule has 1 fully saturated rings. The predicted octanol–water partition coefficient (Wildman–Crippen LogP) is 2.77. The highest BCUT2D eigenvalue weighted by molar-refractivity contribution is 5.79. The van der Waals surface area contributed by atoms with E-state index in [4.69, 9.17) is 4.74 Å². The van der Waals surface area contributed by atoms with Gasteiger partial charge in [0.1, 0.15) is 11.3 Å². The van der Waals surface area contributed by atoms with Crippen LogP contribution in [0.3, 0.4) is 0 Å². The maximum Gasteiger partial charge on any atom is 0.410 e. The lowest BCUT2D eigenvalue weighted by atomic mass is 9.96. The van der Waals surface area contributed by atoms with Crippen molar-refractivity contribution in [3.05, 3.63) is 34.4 Å². The minimum Gasteiger partial charge on any atom is -0.444 e. The monoisotopic (exact) mass is 392 g/mol. The van der Waals surface area contributed by atoms with Gasteiger partial charge in [0.25, 0.3) is 5.69 Å². The SMILES string of the molecule is CC(C)(C)OC(=O)N1CCC(C(=O)NCCNc2ccccc2[N+](=O)[O-])CC1. The molecule has 0 radical (unpaired) electrons. The number of amides is 2. The van der Waals surface area contributed by atoms with Gasteiger partial charge in [-0.15, -0.1) is 0 Å². The third-order valence-electron chi connectivity index (χ3n) is 4.36. The first kappa shape index (κ1) is 21.5. The maximum atomic E-state index is 12.3. The molecule has 1 heterocycles. The number of likely N-dealkylation sites (tertiary alicyclic amines) is 1. The summed E-state index contributed by atoms with van der Waals surface area (Å²) in [4.78, 5) is 36.5. The van der Waals surface area contributed by atoms with Gasteiger partial charge in [-0.3, -0.25) is 14.9 Å². The van der Waals surface area contributed by atoms with E-state index in [1.165, 1.54) is 6.07 Å². The smallest absolute Gasteiger partial charge is 0.410 e. The molecule has 1 aromatic carbocycles. The molecule has 154 valence electrons. The number of piperidine rings is 1. The highest BCUT2D eigenvalue weighted by Gasteiger charge is 2.29. The number of rotatable bonds is 6. The summed E-state index contributed by atoms with van der Waals surface area (Å²) in [5.74, 6) is -0.210. The number of benzene rings is 1. The van der Waals surface area contributed by atoms with Crippen LogP contribution >= 0.6 is 0 Å². The van der Waals surface area contributed by atoms with Gasteiger partial charge in [0, 0.05) is 38.2 Å². The van der Waals surface area contributed by atoms with Crippen LogP contribution in [0.5, 0.6) is 0 Å². The lowest BCUT2D eigenvalue weighted by Gasteiger charge is -2.32. The Labute approximate surface area is 164 Å². The summed E-state index contributed by atoms with van der Waals surface area (Å²) < 4.78 is 5.35. The summed E-state index contributed by atoms with van der Waals surface area (Å²) >= 11 is 0. The van der Waals surface area contributed by atoms with Gasteiger partial charge in [0.15, 0.2) is 0 Å². The van der Waals surface area contributed by atoms with Crippen molar-refractivity contribution in [2.24, 2.45) is 5.92 Å². The van der Waals surface area contributed by atoms with E-state index in [0.717, 1.165) is 0 Å². The molecule has 0 saturated carbocycles. The summed E-state index contributed by atoms with van der Waals surface area (Å²) in [6.07, 6.45) is 0.825. The van der Waals surface area contributed by atoms with Crippen molar-refractivity contribution in [3.8, 4) is 0 Å².